The molecule has 4 rings (SSSR count). The minimum atomic E-state index is -0.210. The number of hydrogen-bond acceptors (Lipinski definition) is 5. The van der Waals surface area contributed by atoms with E-state index in [0.717, 1.165) is 28.6 Å². The van der Waals surface area contributed by atoms with E-state index < -0.39 is 0 Å². The van der Waals surface area contributed by atoms with Gasteiger partial charge in [0.05, 0.1) is 47.2 Å². The number of rotatable bonds is 9. The molecule has 2 N–H and O–H groups in total. The molecule has 0 bridgehead atoms. The first kappa shape index (κ1) is 24.7. The van der Waals surface area contributed by atoms with Crippen molar-refractivity contribution in [1.82, 2.24) is 15.1 Å². The predicted octanol–water partition coefficient (Wildman–Crippen LogP) is 5.92. The van der Waals surface area contributed by atoms with Crippen LogP contribution in [-0.2, 0) is 19.6 Å². The van der Waals surface area contributed by atoms with Gasteiger partial charge in [-0.15, -0.1) is 0 Å². The van der Waals surface area contributed by atoms with Crippen molar-refractivity contribution in [3.05, 3.63) is 81.5 Å². The largest absolute Gasteiger partial charge is 0.495 e. The van der Waals surface area contributed by atoms with E-state index in [1.165, 1.54) is 0 Å². The van der Waals surface area contributed by atoms with Crippen LogP contribution in [0.3, 0.4) is 0 Å². The standard InChI is InChI=1S/C26H26Cl2N4O3/c1-4-32-22-8-7-18(26(33)30-14-17-6-10-24(35-3)21(28)12-17)25(19(22)15-31-32)29-13-16-5-9-23(34-2)20(27)11-16/h5-12,15,29H,4,13-14H2,1-3H3,(H,30,33). The molecular weight excluding hydrogens is 487 g/mol. The summed E-state index contributed by atoms with van der Waals surface area (Å²) in [7, 11) is 3.14. The van der Waals surface area contributed by atoms with E-state index in [0.29, 0.717) is 45.9 Å². The van der Waals surface area contributed by atoms with Gasteiger partial charge in [-0.05, 0) is 54.4 Å². The van der Waals surface area contributed by atoms with Gasteiger partial charge in [0.15, 0.2) is 0 Å². The number of aromatic nitrogens is 2. The summed E-state index contributed by atoms with van der Waals surface area (Å²) in [6.07, 6.45) is 1.78. The Morgan fingerprint density at radius 3 is 2.14 bits per heavy atom. The zero-order valence-electron chi connectivity index (χ0n) is 19.7. The fourth-order valence-corrected chi connectivity index (χ4v) is 4.45. The highest BCUT2D eigenvalue weighted by atomic mass is 35.5. The van der Waals surface area contributed by atoms with Crippen molar-refractivity contribution in [1.29, 1.82) is 0 Å². The number of hydrogen-bond donors (Lipinski definition) is 2. The third kappa shape index (κ3) is 5.31. The summed E-state index contributed by atoms with van der Waals surface area (Å²) in [6.45, 7) is 3.54. The molecule has 0 unspecified atom stereocenters. The average Bonchev–Trinajstić information content (AvgIpc) is 3.29. The molecule has 0 spiro atoms. The van der Waals surface area contributed by atoms with Crippen LogP contribution in [-0.4, -0.2) is 29.9 Å². The topological polar surface area (TPSA) is 77.4 Å². The lowest BCUT2D eigenvalue weighted by molar-refractivity contribution is 0.0952. The monoisotopic (exact) mass is 512 g/mol. The summed E-state index contributed by atoms with van der Waals surface area (Å²) in [5, 5.41) is 12.8. The van der Waals surface area contributed by atoms with E-state index in [-0.39, 0.29) is 5.91 Å². The molecule has 9 heteroatoms. The van der Waals surface area contributed by atoms with E-state index in [4.69, 9.17) is 32.7 Å². The van der Waals surface area contributed by atoms with Crippen molar-refractivity contribution in [2.45, 2.75) is 26.6 Å². The van der Waals surface area contributed by atoms with Crippen LogP contribution in [0, 0.1) is 0 Å². The summed E-state index contributed by atoms with van der Waals surface area (Å²) < 4.78 is 12.3. The fraction of sp³-hybridized carbons (Fsp3) is 0.231. The van der Waals surface area contributed by atoms with Crippen LogP contribution < -0.4 is 20.1 Å². The molecule has 0 radical (unpaired) electrons. The van der Waals surface area contributed by atoms with Gasteiger partial charge in [-0.1, -0.05) is 35.3 Å². The number of amides is 1. The van der Waals surface area contributed by atoms with Gasteiger partial charge in [0.1, 0.15) is 11.5 Å². The van der Waals surface area contributed by atoms with Gasteiger partial charge in [-0.3, -0.25) is 9.48 Å². The van der Waals surface area contributed by atoms with Crippen LogP contribution >= 0.6 is 23.2 Å². The van der Waals surface area contributed by atoms with Crippen molar-refractivity contribution in [3.8, 4) is 11.5 Å². The maximum Gasteiger partial charge on any atom is 0.253 e. The minimum Gasteiger partial charge on any atom is -0.495 e. The second-order valence-electron chi connectivity index (χ2n) is 7.86. The zero-order chi connectivity index (χ0) is 24.9. The Balaban J connectivity index is 1.60. The summed E-state index contributed by atoms with van der Waals surface area (Å²) >= 11 is 12.5. The molecule has 1 heterocycles. The van der Waals surface area contributed by atoms with Crippen LogP contribution in [0.2, 0.25) is 10.0 Å². The van der Waals surface area contributed by atoms with Crippen molar-refractivity contribution in [2.75, 3.05) is 19.5 Å². The molecule has 1 amide bonds. The van der Waals surface area contributed by atoms with Crippen molar-refractivity contribution in [2.24, 2.45) is 0 Å². The van der Waals surface area contributed by atoms with Gasteiger partial charge in [0.25, 0.3) is 5.91 Å². The Hall–Kier alpha value is -3.42. The van der Waals surface area contributed by atoms with Gasteiger partial charge in [-0.25, -0.2) is 0 Å². The Labute approximate surface area is 213 Å². The van der Waals surface area contributed by atoms with E-state index in [2.05, 4.69) is 15.7 Å². The summed E-state index contributed by atoms with van der Waals surface area (Å²) in [5.74, 6) is 0.990. The average molecular weight is 513 g/mol. The molecule has 0 aliphatic heterocycles. The number of aryl methyl sites for hydroxylation is 1. The molecule has 35 heavy (non-hydrogen) atoms. The number of carbonyl (C=O) groups excluding carboxylic acids is 1. The number of methoxy groups -OCH3 is 2. The van der Waals surface area contributed by atoms with E-state index in [9.17, 15) is 4.79 Å². The number of ether oxygens (including phenoxy) is 2. The van der Waals surface area contributed by atoms with Crippen molar-refractivity contribution < 1.29 is 14.3 Å². The molecule has 0 fully saturated rings. The third-order valence-corrected chi connectivity index (χ3v) is 6.32. The Morgan fingerprint density at radius 2 is 1.57 bits per heavy atom. The summed E-state index contributed by atoms with van der Waals surface area (Å²) in [4.78, 5) is 13.2. The lowest BCUT2D eigenvalue weighted by atomic mass is 10.1. The predicted molar refractivity (Wildman–Crippen MR) is 140 cm³/mol. The van der Waals surface area contributed by atoms with Gasteiger partial charge < -0.3 is 20.1 Å². The van der Waals surface area contributed by atoms with Crippen LogP contribution in [0.1, 0.15) is 28.4 Å². The Kier molecular flexibility index (Phi) is 7.68. The van der Waals surface area contributed by atoms with Crippen molar-refractivity contribution in [3.63, 3.8) is 0 Å². The third-order valence-electron chi connectivity index (χ3n) is 5.73. The number of nitrogens with zero attached hydrogens (tertiary/aromatic N) is 2. The smallest absolute Gasteiger partial charge is 0.253 e. The highest BCUT2D eigenvalue weighted by Crippen LogP contribution is 2.30. The lowest BCUT2D eigenvalue weighted by Gasteiger charge is -2.15. The number of anilines is 1. The molecule has 7 nitrogen and oxygen atoms in total. The maximum atomic E-state index is 13.2. The first-order chi connectivity index (χ1) is 16.9. The van der Waals surface area contributed by atoms with Gasteiger partial charge in [0.2, 0.25) is 0 Å². The molecule has 4 aromatic rings. The first-order valence-corrected chi connectivity index (χ1v) is 11.9. The normalized spacial score (nSPS) is 10.9. The number of carbonyl (C=O) groups is 1. The highest BCUT2D eigenvalue weighted by molar-refractivity contribution is 6.32. The minimum absolute atomic E-state index is 0.210. The molecule has 0 aliphatic carbocycles. The quantitative estimate of drug-likeness (QED) is 0.291. The van der Waals surface area contributed by atoms with Gasteiger partial charge in [0, 0.05) is 25.0 Å². The van der Waals surface area contributed by atoms with Gasteiger partial charge >= 0.3 is 0 Å². The molecule has 0 atom stereocenters. The van der Waals surface area contributed by atoms with Crippen LogP contribution in [0.5, 0.6) is 11.5 Å². The Morgan fingerprint density at radius 1 is 0.943 bits per heavy atom. The number of nitrogens with one attached hydrogen (secondary N) is 2. The second kappa shape index (κ2) is 10.9. The zero-order valence-corrected chi connectivity index (χ0v) is 21.2. The fourth-order valence-electron chi connectivity index (χ4n) is 3.89. The van der Waals surface area contributed by atoms with E-state index >= 15 is 0 Å². The molecule has 0 saturated heterocycles. The molecule has 3 aromatic carbocycles. The summed E-state index contributed by atoms with van der Waals surface area (Å²) in [5.41, 5.74) is 3.99. The van der Waals surface area contributed by atoms with Crippen LogP contribution in [0.4, 0.5) is 5.69 Å². The second-order valence-corrected chi connectivity index (χ2v) is 8.67. The Bertz CT molecular complexity index is 1370. The molecule has 0 saturated carbocycles. The molecule has 1 aromatic heterocycles. The highest BCUT2D eigenvalue weighted by Gasteiger charge is 2.17. The van der Waals surface area contributed by atoms with Crippen LogP contribution in [0.15, 0.2) is 54.7 Å². The van der Waals surface area contributed by atoms with Crippen LogP contribution in [0.25, 0.3) is 10.9 Å². The summed E-state index contributed by atoms with van der Waals surface area (Å²) in [6, 6.07) is 14.8. The van der Waals surface area contributed by atoms with Gasteiger partial charge in [-0.2, -0.15) is 5.10 Å². The molecule has 182 valence electrons. The SMILES string of the molecule is CCn1ncc2c(NCc3ccc(OC)c(Cl)c3)c(C(=O)NCc3ccc(OC)c(Cl)c3)ccc21. The number of halogens is 2. The van der Waals surface area contributed by atoms with Crippen molar-refractivity contribution >= 4 is 45.7 Å². The molecular formula is C26H26Cl2N4O3. The number of benzene rings is 3. The van der Waals surface area contributed by atoms with E-state index in [1.54, 1.807) is 32.5 Å². The lowest BCUT2D eigenvalue weighted by Crippen LogP contribution is -2.24. The first-order valence-electron chi connectivity index (χ1n) is 11.1. The van der Waals surface area contributed by atoms with E-state index in [1.807, 2.05) is 48.0 Å². The number of fused-ring (bicyclic) bond motifs is 1. The molecule has 0 aliphatic rings. The maximum absolute atomic E-state index is 13.2.